The summed E-state index contributed by atoms with van der Waals surface area (Å²) in [6.45, 7) is 0. The molecule has 0 radical (unpaired) electrons. The van der Waals surface area contributed by atoms with Gasteiger partial charge in [0.1, 0.15) is 0 Å². The Morgan fingerprint density at radius 1 is 0.240 bits per heavy atom. The summed E-state index contributed by atoms with van der Waals surface area (Å²) in [6.07, 6.45) is 0. The first-order valence-electron chi connectivity index (χ1n) is 25.9. The van der Waals surface area contributed by atoms with Crippen LogP contribution in [0.5, 0.6) is 0 Å². The smallest absolute Gasteiger partial charge is 0.180 e. The molecule has 3 heteroatoms. The molecule has 0 fully saturated rings. The minimum Gasteiger partial charge on any atom is -0.309 e. The van der Waals surface area contributed by atoms with Crippen molar-refractivity contribution in [2.45, 2.75) is 0 Å². The molecule has 352 valence electrons. The molecule has 0 amide bonds. The molecular formula is C72H50N2Si. The van der Waals surface area contributed by atoms with Crippen molar-refractivity contribution in [2.24, 2.45) is 0 Å². The average Bonchev–Trinajstić information content (AvgIpc) is 4.04. The lowest BCUT2D eigenvalue weighted by molar-refractivity contribution is 1.17. The number of rotatable bonds is 10. The van der Waals surface area contributed by atoms with Gasteiger partial charge in [0.2, 0.25) is 0 Å². The van der Waals surface area contributed by atoms with Crippen molar-refractivity contribution in [1.82, 2.24) is 9.13 Å². The quantitative estimate of drug-likeness (QED) is 0.0955. The minimum atomic E-state index is -2.95. The van der Waals surface area contributed by atoms with Crippen molar-refractivity contribution in [2.75, 3.05) is 0 Å². The summed E-state index contributed by atoms with van der Waals surface area (Å²) in [7, 11) is -2.95. The zero-order valence-corrected chi connectivity index (χ0v) is 42.3. The number of benzene rings is 12. The lowest BCUT2D eigenvalue weighted by atomic mass is 9.92. The average molecular weight is 971 g/mol. The summed E-state index contributed by atoms with van der Waals surface area (Å²) in [5.74, 6) is 0. The molecule has 0 N–H and O–H groups in total. The first-order valence-corrected chi connectivity index (χ1v) is 27.9. The highest BCUT2D eigenvalue weighted by molar-refractivity contribution is 7.20. The summed E-state index contributed by atoms with van der Waals surface area (Å²) >= 11 is 0. The normalized spacial score (nSPS) is 11.7. The zero-order chi connectivity index (χ0) is 49.7. The molecule has 12 aromatic carbocycles. The number of nitrogens with zero attached hydrogens (tertiary/aromatic N) is 2. The van der Waals surface area contributed by atoms with Crippen molar-refractivity contribution < 1.29 is 0 Å². The van der Waals surface area contributed by atoms with Crippen LogP contribution < -0.4 is 20.7 Å². The van der Waals surface area contributed by atoms with Gasteiger partial charge in [-0.2, -0.15) is 0 Å². The predicted molar refractivity (Wildman–Crippen MR) is 320 cm³/mol. The topological polar surface area (TPSA) is 9.86 Å². The van der Waals surface area contributed by atoms with Gasteiger partial charge in [0, 0.05) is 32.7 Å². The van der Waals surface area contributed by atoms with Crippen LogP contribution in [-0.2, 0) is 0 Å². The van der Waals surface area contributed by atoms with E-state index in [4.69, 9.17) is 0 Å². The van der Waals surface area contributed by atoms with Gasteiger partial charge >= 0.3 is 0 Å². The molecule has 0 unspecified atom stereocenters. The molecule has 0 spiro atoms. The molecule has 0 saturated carbocycles. The number of para-hydroxylation sites is 3. The number of hydrogen-bond donors (Lipinski definition) is 0. The lowest BCUT2D eigenvalue weighted by Gasteiger charge is -2.35. The molecule has 0 saturated heterocycles. The minimum absolute atomic E-state index is 1.14. The van der Waals surface area contributed by atoms with Crippen LogP contribution in [0.15, 0.2) is 303 Å². The summed E-state index contributed by atoms with van der Waals surface area (Å²) in [5, 5.41) is 10.4. The van der Waals surface area contributed by atoms with E-state index >= 15 is 0 Å². The van der Waals surface area contributed by atoms with Crippen LogP contribution in [0.2, 0.25) is 0 Å². The Morgan fingerprint density at radius 3 is 1.12 bits per heavy atom. The summed E-state index contributed by atoms with van der Waals surface area (Å²) < 4.78 is 5.12. The van der Waals surface area contributed by atoms with E-state index in [2.05, 4.69) is 312 Å². The van der Waals surface area contributed by atoms with E-state index in [1.165, 1.54) is 75.6 Å². The van der Waals surface area contributed by atoms with Gasteiger partial charge in [-0.15, -0.1) is 0 Å². The van der Waals surface area contributed by atoms with E-state index in [9.17, 15) is 0 Å². The van der Waals surface area contributed by atoms with Gasteiger partial charge in [-0.05, 0) is 96.6 Å². The van der Waals surface area contributed by atoms with E-state index in [1.807, 2.05) is 0 Å². The van der Waals surface area contributed by atoms with Crippen LogP contribution in [0.3, 0.4) is 0 Å². The molecule has 75 heavy (non-hydrogen) atoms. The van der Waals surface area contributed by atoms with E-state index in [0.29, 0.717) is 0 Å². The molecule has 14 rings (SSSR count). The van der Waals surface area contributed by atoms with Gasteiger partial charge in [0.05, 0.1) is 33.4 Å². The molecule has 0 aliphatic rings. The van der Waals surface area contributed by atoms with Gasteiger partial charge < -0.3 is 9.13 Å². The highest BCUT2D eigenvalue weighted by Crippen LogP contribution is 2.45. The van der Waals surface area contributed by atoms with E-state index in [-0.39, 0.29) is 0 Å². The maximum absolute atomic E-state index is 2.95. The number of hydrogen-bond acceptors (Lipinski definition) is 0. The Morgan fingerprint density at radius 2 is 0.600 bits per heavy atom. The highest BCUT2D eigenvalue weighted by atomic mass is 28.3. The maximum atomic E-state index is 2.56. The maximum Gasteiger partial charge on any atom is 0.180 e. The van der Waals surface area contributed by atoms with Gasteiger partial charge in [-0.25, -0.2) is 0 Å². The predicted octanol–water partition coefficient (Wildman–Crippen LogP) is 15.9. The Bertz CT molecular complexity index is 4190. The largest absolute Gasteiger partial charge is 0.309 e. The molecule has 0 atom stereocenters. The van der Waals surface area contributed by atoms with Crippen LogP contribution in [0.4, 0.5) is 0 Å². The molecule has 2 nitrogen and oxygen atoms in total. The molecule has 2 aromatic heterocycles. The van der Waals surface area contributed by atoms with Crippen molar-refractivity contribution in [1.29, 1.82) is 0 Å². The molecule has 0 aliphatic carbocycles. The third-order valence-corrected chi connectivity index (χ3v) is 20.3. The Hall–Kier alpha value is -9.54. The van der Waals surface area contributed by atoms with Crippen LogP contribution in [0.1, 0.15) is 0 Å². The second kappa shape index (κ2) is 18.5. The monoisotopic (exact) mass is 970 g/mol. The van der Waals surface area contributed by atoms with E-state index < -0.39 is 8.07 Å². The van der Waals surface area contributed by atoms with Gasteiger partial charge in [-0.3, -0.25) is 0 Å². The fourth-order valence-corrected chi connectivity index (χ4v) is 17.3. The Labute approximate surface area is 438 Å². The van der Waals surface area contributed by atoms with Crippen molar-refractivity contribution in [3.05, 3.63) is 303 Å². The Kier molecular flexibility index (Phi) is 10.9. The standard InChI is InChI=1S/C72H50N2Si/c1-6-25-51(26-7-1)53-29-20-31-55(49-53)60-41-22-42-61(56-32-21-30-54(50-56)52-27-8-2-9-28-52)72(60)74-65-44-19-16-39-62(65)70-66(45-23-46-67(70)74)73-64-43-18-17-40-63(64)71-68(73)47-24-48-69(71)75(57-33-10-3-11-34-57,58-35-12-4-13-36-58)59-37-14-5-15-38-59/h1-50H. The number of aromatic nitrogens is 2. The second-order valence-electron chi connectivity index (χ2n) is 19.5. The molecule has 0 bridgehead atoms. The summed E-state index contributed by atoms with van der Waals surface area (Å²) in [4.78, 5) is 0. The molecular weight excluding hydrogens is 921 g/mol. The van der Waals surface area contributed by atoms with Gasteiger partial charge in [0.15, 0.2) is 8.07 Å². The van der Waals surface area contributed by atoms with Crippen LogP contribution in [-0.4, -0.2) is 17.2 Å². The fourth-order valence-electron chi connectivity index (χ4n) is 12.3. The van der Waals surface area contributed by atoms with Crippen LogP contribution in [0.25, 0.3) is 99.5 Å². The third-order valence-electron chi connectivity index (χ3n) is 15.5. The lowest BCUT2D eigenvalue weighted by Crippen LogP contribution is -2.74. The van der Waals surface area contributed by atoms with Crippen LogP contribution in [0, 0.1) is 0 Å². The molecule has 14 aromatic rings. The third kappa shape index (κ3) is 7.23. The van der Waals surface area contributed by atoms with Crippen molar-refractivity contribution in [3.8, 4) is 55.9 Å². The Balaban J connectivity index is 1.08. The second-order valence-corrected chi connectivity index (χ2v) is 23.3. The van der Waals surface area contributed by atoms with Crippen molar-refractivity contribution >= 4 is 72.4 Å². The molecule has 2 heterocycles. The fraction of sp³-hybridized carbons (Fsp3) is 0. The molecule has 0 aliphatic heterocycles. The van der Waals surface area contributed by atoms with E-state index in [0.717, 1.165) is 44.7 Å². The summed E-state index contributed by atoms with van der Waals surface area (Å²) in [6, 6.07) is 112. The van der Waals surface area contributed by atoms with Gasteiger partial charge in [-0.1, -0.05) is 261 Å². The SMILES string of the molecule is c1ccc(-c2cccc(-c3cccc(-c4cccc(-c5ccccc5)c4)c3-n3c4ccccc4c4c(-n5c6ccccc6c6c([Si](c7ccccc7)(c7ccccc7)c7ccccc7)cccc65)cccc43)c2)cc1. The van der Waals surface area contributed by atoms with Crippen LogP contribution >= 0.6 is 0 Å². The summed E-state index contributed by atoms with van der Waals surface area (Å²) in [5.41, 5.74) is 16.4. The van der Waals surface area contributed by atoms with Gasteiger partial charge in [0.25, 0.3) is 0 Å². The van der Waals surface area contributed by atoms with Crippen molar-refractivity contribution in [3.63, 3.8) is 0 Å². The van der Waals surface area contributed by atoms with E-state index in [1.54, 1.807) is 0 Å². The highest BCUT2D eigenvalue weighted by Gasteiger charge is 2.43. The first kappa shape index (κ1) is 44.2. The zero-order valence-electron chi connectivity index (χ0n) is 41.3. The first-order chi connectivity index (χ1) is 37.3. The number of fused-ring (bicyclic) bond motifs is 6.